The van der Waals surface area contributed by atoms with Crippen molar-refractivity contribution in [3.05, 3.63) is 175 Å². The fourth-order valence-corrected chi connectivity index (χ4v) is 15.6. The van der Waals surface area contributed by atoms with Crippen molar-refractivity contribution in [1.29, 1.82) is 0 Å². The number of nitrogens with zero attached hydrogens (tertiary/aromatic N) is 1. The molecule has 37 nitrogen and oxygen atoms in total. The van der Waals surface area contributed by atoms with Crippen LogP contribution in [0.3, 0.4) is 0 Å². The van der Waals surface area contributed by atoms with Gasteiger partial charge in [-0.15, -0.1) is 0 Å². The third kappa shape index (κ3) is 20.0. The number of aromatic nitrogens is 1. The van der Waals surface area contributed by atoms with Crippen LogP contribution in [0.15, 0.2) is 116 Å². The van der Waals surface area contributed by atoms with E-state index in [-0.39, 0.29) is 68.4 Å². The molecule has 18 atom stereocenters. The molecule has 9 amide bonds. The topological polar surface area (TPSA) is 560 Å². The van der Waals surface area contributed by atoms with Gasteiger partial charge in [-0.25, -0.2) is 5.48 Å². The summed E-state index contributed by atoms with van der Waals surface area (Å²) in [5, 5.41) is 130. The van der Waals surface area contributed by atoms with Gasteiger partial charge in [0.15, 0.2) is 23.9 Å². The number of hydroxylamine groups is 1. The SMILES string of the molecule is CNC(CC(C)C)C(=O)NC1C(=O)NC(CC(N)=O)C(=O)NC2C(=O)NC3C(=O)NC(C(=O)NC(C(=O)NOC)c4cc(O)cc(O)c4-c4cc3ccc4O)C(O)c3ccc(c(Cl)c3)Oc3cc2cc(c3OC2OC(CO)C(O)C(O)C2OC2CC(C)(NCc3cncc(C(=O)Nc4cc(Cl)cc(Cl)c4)c3)C(O)C(C)O2)Oc2ccc(cc2Cl)C1O. The molecule has 1 aromatic heterocycles. The molecule has 121 heavy (non-hydrogen) atoms. The number of hydrogen-bond acceptors (Lipinski definition) is 28. The zero-order chi connectivity index (χ0) is 87.5. The molecule has 2 saturated heterocycles. The molecule has 6 aromatic carbocycles. The van der Waals surface area contributed by atoms with Gasteiger partial charge >= 0.3 is 0 Å². The number of primary amides is 1. The molecule has 21 N–H and O–H groups in total. The first-order chi connectivity index (χ1) is 57.4. The Morgan fingerprint density at radius 2 is 1.33 bits per heavy atom. The highest BCUT2D eigenvalue weighted by atomic mass is 35.5. The van der Waals surface area contributed by atoms with Crippen LogP contribution in [0.2, 0.25) is 20.1 Å². The summed E-state index contributed by atoms with van der Waals surface area (Å²) in [4.78, 5) is 142. The number of nitrogens with two attached hydrogens (primary N) is 1. The number of halogens is 4. The van der Waals surface area contributed by atoms with Crippen molar-refractivity contribution in [1.82, 2.24) is 53.0 Å². The number of aliphatic hydroxyl groups is 6. The Morgan fingerprint density at radius 1 is 0.694 bits per heavy atom. The molecule has 41 heteroatoms. The Hall–Kier alpha value is -10.8. The number of benzene rings is 6. The average molecular weight is 1760 g/mol. The Morgan fingerprint density at radius 3 is 1.96 bits per heavy atom. The van der Waals surface area contributed by atoms with Gasteiger partial charge in [-0.3, -0.25) is 53.0 Å². The average Bonchev–Trinajstić information content (AvgIpc) is 0.762. The number of ether oxygens (including phenoxy) is 6. The molecule has 14 rings (SSSR count). The van der Waals surface area contributed by atoms with E-state index in [1.54, 1.807) is 13.0 Å². The van der Waals surface area contributed by atoms with Crippen LogP contribution in [-0.2, 0) is 63.9 Å². The molecule has 8 heterocycles. The summed E-state index contributed by atoms with van der Waals surface area (Å²) in [6, 6.07) is 5.70. The summed E-state index contributed by atoms with van der Waals surface area (Å²) in [6.07, 6.45) is -16.6. The van der Waals surface area contributed by atoms with Crippen molar-refractivity contribution in [3.63, 3.8) is 0 Å². The summed E-state index contributed by atoms with van der Waals surface area (Å²) in [6.45, 7) is 5.71. The quantitative estimate of drug-likeness (QED) is 0.0515. The number of amides is 9. The lowest BCUT2D eigenvalue weighted by atomic mass is 9.84. The Bertz CT molecular complexity index is 5150. The molecule has 0 aliphatic carbocycles. The molecule has 0 spiro atoms. The van der Waals surface area contributed by atoms with E-state index < -0.39 is 243 Å². The van der Waals surface area contributed by atoms with E-state index in [0.29, 0.717) is 11.3 Å². The van der Waals surface area contributed by atoms with E-state index in [0.717, 1.165) is 73.8 Å². The third-order valence-electron chi connectivity index (χ3n) is 20.8. The highest BCUT2D eigenvalue weighted by molar-refractivity contribution is 6.35. The zero-order valence-corrected chi connectivity index (χ0v) is 68.0. The van der Waals surface area contributed by atoms with Gasteiger partial charge in [-0.05, 0) is 145 Å². The van der Waals surface area contributed by atoms with Crippen LogP contribution in [-0.4, -0.2) is 204 Å². The van der Waals surface area contributed by atoms with Gasteiger partial charge in [0.05, 0.1) is 54.0 Å². The summed E-state index contributed by atoms with van der Waals surface area (Å²) < 4.78 is 39.5. The van der Waals surface area contributed by atoms with Crippen LogP contribution in [0.25, 0.3) is 11.1 Å². The first-order valence-electron chi connectivity index (χ1n) is 37.7. The highest BCUT2D eigenvalue weighted by Crippen LogP contribution is 2.50. The van der Waals surface area contributed by atoms with E-state index in [1.807, 2.05) is 13.8 Å². The van der Waals surface area contributed by atoms with Gasteiger partial charge in [0.1, 0.15) is 95.5 Å². The van der Waals surface area contributed by atoms with Gasteiger partial charge in [-0.2, -0.15) is 0 Å². The maximum Gasteiger partial charge on any atom is 0.270 e. The van der Waals surface area contributed by atoms with Crippen LogP contribution >= 0.6 is 46.4 Å². The largest absolute Gasteiger partial charge is 0.508 e. The normalized spacial score (nSPS) is 26.4. The number of carbonyl (C=O) groups is 9. The standard InChI is InChI=1S/C80H86Cl4N12O25/c1-31(2)13-47(86-5)72(108)94-62-64(102)35-8-11-51(45(83)16-35)117-53-18-37-19-54(68(53)121-79-69(67(105)66(104)55(30-97)119-79)120-57-26-80(4,70(106)32(3)116-57)88-28-33-14-38(29-87-27-33)71(107)89-41-21-39(81)20-40(82)22-41)118-52-12-9-36(17-46(52)84)65(103)63-77(113)93-61(78(114)96-115-6)44-23-42(98)24-50(100)58(44)43-15-34(7-10-49(43)99)59(74(110)95-63)92-75(111)60(37)91-73(109)48(25-56(85)101)90-76(62)112/h7-12,14-24,27,29,31-32,47-48,55,57,59-67,69-70,79,86,88,97-100,102-106H,13,25-26,28,30H2,1-6H3,(H2,85,101)(H,89,107)(H,90,112)(H,91,109)(H,92,111)(H,93,113)(H,94,108)(H,95,110)(H,96,114). The number of aromatic hydroxyl groups is 3. The number of phenols is 3. The van der Waals surface area contributed by atoms with Crippen molar-refractivity contribution in [3.8, 4) is 57.1 Å². The van der Waals surface area contributed by atoms with E-state index >= 15 is 24.0 Å². The minimum absolute atomic E-state index is 0.0471. The molecule has 644 valence electrons. The van der Waals surface area contributed by atoms with E-state index in [4.69, 9.17) is 85.4 Å². The molecule has 7 aliphatic rings. The van der Waals surface area contributed by atoms with Crippen LogP contribution in [0.1, 0.15) is 121 Å². The van der Waals surface area contributed by atoms with Gasteiger partial charge in [0.2, 0.25) is 53.4 Å². The van der Waals surface area contributed by atoms with Crippen LogP contribution in [0, 0.1) is 5.92 Å². The number of hydrogen-bond donors (Lipinski definition) is 20. The number of pyridine rings is 1. The molecule has 2 fully saturated rings. The Labute approximate surface area is 709 Å². The maximum atomic E-state index is 16.3. The molecule has 7 aliphatic heterocycles. The summed E-state index contributed by atoms with van der Waals surface area (Å²) >= 11 is 26.7. The summed E-state index contributed by atoms with van der Waals surface area (Å²) in [5.41, 5.74) is 4.72. The van der Waals surface area contributed by atoms with Gasteiger partial charge in [0, 0.05) is 63.8 Å². The van der Waals surface area contributed by atoms with E-state index in [2.05, 4.69) is 58.3 Å². The fourth-order valence-electron chi connectivity index (χ4n) is 14.7. The second-order valence-corrected chi connectivity index (χ2v) is 31.7. The Kier molecular flexibility index (Phi) is 27.8. The zero-order valence-electron chi connectivity index (χ0n) is 65.0. The van der Waals surface area contributed by atoms with Crippen molar-refractivity contribution in [2.75, 3.05) is 26.1 Å². The number of anilines is 1. The molecule has 0 saturated carbocycles. The number of phenolic OH excluding ortho intramolecular Hbond substituents is 3. The number of nitrogens with one attached hydrogen (secondary N) is 10. The lowest BCUT2D eigenvalue weighted by Crippen LogP contribution is -2.65. The molecule has 0 radical (unpaired) electrons. The number of carbonyl (C=O) groups excluding carboxylic acids is 9. The van der Waals surface area contributed by atoms with E-state index in [1.165, 1.54) is 56.7 Å². The van der Waals surface area contributed by atoms with Crippen LogP contribution in [0.4, 0.5) is 5.69 Å². The predicted octanol–water partition coefficient (Wildman–Crippen LogP) is 3.48. The first-order valence-corrected chi connectivity index (χ1v) is 39.2. The monoisotopic (exact) mass is 1750 g/mol. The Balaban J connectivity index is 1.03. The van der Waals surface area contributed by atoms with Crippen molar-refractivity contribution < 1.29 is 122 Å². The first kappa shape index (κ1) is 89.4. The second-order valence-electron chi connectivity index (χ2n) is 30.0. The predicted molar refractivity (Wildman–Crippen MR) is 428 cm³/mol. The molecular weight excluding hydrogens is 1670 g/mol. The molecule has 7 aromatic rings. The van der Waals surface area contributed by atoms with Crippen molar-refractivity contribution in [2.45, 2.75) is 163 Å². The minimum atomic E-state index is -2.38. The van der Waals surface area contributed by atoms with Gasteiger partial charge in [0.25, 0.3) is 11.8 Å². The third-order valence-corrected chi connectivity index (χ3v) is 21.9. The number of rotatable bonds is 19. The fraction of sp³-hybridized carbons (Fsp3) is 0.375. The number of likely N-dealkylation sites (N-methyl/N-ethyl adjacent to an activating group) is 1. The minimum Gasteiger partial charge on any atom is -0.508 e. The van der Waals surface area contributed by atoms with Gasteiger partial charge < -0.3 is 128 Å². The summed E-state index contributed by atoms with van der Waals surface area (Å²) in [7, 11) is 2.51. The highest BCUT2D eigenvalue weighted by Gasteiger charge is 2.52. The number of fused-ring (bicyclic) bond motifs is 15. The van der Waals surface area contributed by atoms with Crippen LogP contribution in [0.5, 0.6) is 46.0 Å². The van der Waals surface area contributed by atoms with Crippen molar-refractivity contribution >= 4 is 105 Å². The summed E-state index contributed by atoms with van der Waals surface area (Å²) in [5.74, 6) is -15.9. The van der Waals surface area contributed by atoms with Crippen molar-refractivity contribution in [2.24, 2.45) is 11.7 Å². The molecule has 18 unspecified atom stereocenters. The maximum absolute atomic E-state index is 16.3. The molecule has 11 bridgehead atoms. The van der Waals surface area contributed by atoms with E-state index in [9.17, 15) is 65.1 Å². The number of aliphatic hydroxyl groups excluding tert-OH is 6. The lowest BCUT2D eigenvalue weighted by molar-refractivity contribution is -0.334. The molecular formula is C80H86Cl4N12O25. The van der Waals surface area contributed by atoms with Crippen LogP contribution < -0.4 is 73.3 Å². The lowest BCUT2D eigenvalue weighted by Gasteiger charge is -2.48. The smallest absolute Gasteiger partial charge is 0.270 e. The van der Waals surface area contributed by atoms with Gasteiger partial charge in [-0.1, -0.05) is 78.5 Å². The second kappa shape index (κ2) is 37.7.